The first-order valence-corrected chi connectivity index (χ1v) is 10.6. The quantitative estimate of drug-likeness (QED) is 0.402. The van der Waals surface area contributed by atoms with E-state index in [1.54, 1.807) is 36.0 Å². The van der Waals surface area contributed by atoms with Gasteiger partial charge in [-0.2, -0.15) is 5.10 Å². The predicted octanol–water partition coefficient (Wildman–Crippen LogP) is 3.41. The fourth-order valence-electron chi connectivity index (χ4n) is 4.05. The Bertz CT molecular complexity index is 1540. The van der Waals surface area contributed by atoms with Crippen LogP contribution in [0.15, 0.2) is 60.9 Å². The third kappa shape index (κ3) is 3.85. The Morgan fingerprint density at radius 2 is 1.85 bits per heavy atom. The number of carbonyl (C=O) groups excluding carboxylic acids is 1. The molecule has 0 aliphatic carbocycles. The highest BCUT2D eigenvalue weighted by molar-refractivity contribution is 6.04. The monoisotopic (exact) mass is 455 g/mol. The van der Waals surface area contributed by atoms with Crippen molar-refractivity contribution in [1.29, 1.82) is 0 Å². The molecule has 0 bridgehead atoms. The number of carbonyl (C=O) groups is 2. The standard InChI is InChI=1S/C24H21N7O3/c1-14-10-21-27-28-23(15(2)31(21)29-14)24(34)26-17-8-9-19-18(11-17)25-13-30(19)20(12-22(32)33)16-6-4-3-5-7-16/h3-11,13,20H,12H2,1-2H3,(H,26,34)(H,32,33). The van der Waals surface area contributed by atoms with Crippen LogP contribution in [0.3, 0.4) is 0 Å². The number of aliphatic carboxylic acids is 1. The Labute approximate surface area is 193 Å². The van der Waals surface area contributed by atoms with Crippen LogP contribution in [0.2, 0.25) is 0 Å². The average Bonchev–Trinajstić information content (AvgIpc) is 3.41. The number of rotatable bonds is 6. The van der Waals surface area contributed by atoms with Crippen molar-refractivity contribution < 1.29 is 14.7 Å². The molecule has 3 aromatic heterocycles. The third-order valence-electron chi connectivity index (χ3n) is 5.66. The second-order valence-electron chi connectivity index (χ2n) is 8.02. The minimum Gasteiger partial charge on any atom is -0.481 e. The van der Waals surface area contributed by atoms with Gasteiger partial charge in [0.05, 0.1) is 41.2 Å². The van der Waals surface area contributed by atoms with Gasteiger partial charge in [0.1, 0.15) is 0 Å². The number of nitrogens with zero attached hydrogens (tertiary/aromatic N) is 6. The third-order valence-corrected chi connectivity index (χ3v) is 5.66. The molecule has 34 heavy (non-hydrogen) atoms. The molecule has 3 heterocycles. The molecular formula is C24H21N7O3. The minimum atomic E-state index is -0.902. The largest absolute Gasteiger partial charge is 0.481 e. The predicted molar refractivity (Wildman–Crippen MR) is 125 cm³/mol. The van der Waals surface area contributed by atoms with Gasteiger partial charge in [0, 0.05) is 11.8 Å². The van der Waals surface area contributed by atoms with E-state index in [2.05, 4.69) is 25.6 Å². The van der Waals surface area contributed by atoms with Crippen LogP contribution in [0.5, 0.6) is 0 Å². The number of aryl methyl sites for hydroxylation is 2. The van der Waals surface area contributed by atoms with Crippen molar-refractivity contribution in [2.45, 2.75) is 26.3 Å². The van der Waals surface area contributed by atoms with E-state index in [-0.39, 0.29) is 12.1 Å². The first kappa shape index (κ1) is 21.3. The molecule has 0 fully saturated rings. The summed E-state index contributed by atoms with van der Waals surface area (Å²) in [5.74, 6) is -1.31. The maximum absolute atomic E-state index is 12.9. The molecule has 2 N–H and O–H groups in total. The lowest BCUT2D eigenvalue weighted by atomic mass is 10.0. The number of carboxylic acids is 1. The van der Waals surface area contributed by atoms with Crippen LogP contribution in [0.25, 0.3) is 16.7 Å². The topological polar surface area (TPSA) is 127 Å². The van der Waals surface area contributed by atoms with E-state index in [0.29, 0.717) is 22.5 Å². The Morgan fingerprint density at radius 3 is 2.62 bits per heavy atom. The average molecular weight is 455 g/mol. The van der Waals surface area contributed by atoms with Crippen LogP contribution in [-0.4, -0.2) is 46.3 Å². The number of anilines is 1. The molecule has 1 atom stereocenters. The van der Waals surface area contributed by atoms with Crippen LogP contribution in [0.1, 0.15) is 39.9 Å². The van der Waals surface area contributed by atoms with Gasteiger partial charge in [0.25, 0.3) is 5.91 Å². The van der Waals surface area contributed by atoms with Gasteiger partial charge >= 0.3 is 5.97 Å². The van der Waals surface area contributed by atoms with E-state index in [9.17, 15) is 14.7 Å². The summed E-state index contributed by atoms with van der Waals surface area (Å²) in [4.78, 5) is 28.9. The van der Waals surface area contributed by atoms with Crippen molar-refractivity contribution in [3.05, 3.63) is 83.6 Å². The van der Waals surface area contributed by atoms with Crippen LogP contribution >= 0.6 is 0 Å². The van der Waals surface area contributed by atoms with Crippen molar-refractivity contribution in [1.82, 2.24) is 29.4 Å². The molecule has 0 aliphatic heterocycles. The van der Waals surface area contributed by atoms with E-state index >= 15 is 0 Å². The van der Waals surface area contributed by atoms with Crippen molar-refractivity contribution in [3.63, 3.8) is 0 Å². The van der Waals surface area contributed by atoms with Crippen LogP contribution in [0.4, 0.5) is 5.69 Å². The van der Waals surface area contributed by atoms with Crippen LogP contribution < -0.4 is 5.32 Å². The van der Waals surface area contributed by atoms with Crippen molar-refractivity contribution >= 4 is 34.2 Å². The van der Waals surface area contributed by atoms with Crippen molar-refractivity contribution in [2.75, 3.05) is 5.32 Å². The first-order valence-electron chi connectivity index (χ1n) is 10.6. The lowest BCUT2D eigenvalue weighted by Gasteiger charge is -2.18. The van der Waals surface area contributed by atoms with Gasteiger partial charge < -0.3 is 15.0 Å². The molecule has 0 radical (unpaired) electrons. The minimum absolute atomic E-state index is 0.0821. The summed E-state index contributed by atoms with van der Waals surface area (Å²) in [6.07, 6.45) is 1.54. The molecule has 0 spiro atoms. The summed E-state index contributed by atoms with van der Waals surface area (Å²) in [5, 5.41) is 24.8. The van der Waals surface area contributed by atoms with E-state index in [0.717, 1.165) is 16.8 Å². The van der Waals surface area contributed by atoms with Crippen LogP contribution in [0, 0.1) is 13.8 Å². The number of fused-ring (bicyclic) bond motifs is 2. The molecule has 0 aliphatic rings. The fraction of sp³-hybridized carbons (Fsp3) is 0.167. The Kier molecular flexibility index (Phi) is 5.25. The molecule has 10 nitrogen and oxygen atoms in total. The molecule has 10 heteroatoms. The lowest BCUT2D eigenvalue weighted by Crippen LogP contribution is -2.18. The lowest BCUT2D eigenvalue weighted by molar-refractivity contribution is -0.137. The summed E-state index contributed by atoms with van der Waals surface area (Å²) in [5.41, 5.74) is 4.92. The van der Waals surface area contributed by atoms with Crippen LogP contribution in [-0.2, 0) is 4.79 Å². The fourth-order valence-corrected chi connectivity index (χ4v) is 4.05. The second kappa shape index (κ2) is 8.39. The molecule has 5 aromatic rings. The van der Waals surface area contributed by atoms with Gasteiger partial charge in [-0.05, 0) is 37.6 Å². The number of amides is 1. The number of carboxylic acid groups (broad SMARTS) is 1. The van der Waals surface area contributed by atoms with Gasteiger partial charge in [-0.3, -0.25) is 9.59 Å². The van der Waals surface area contributed by atoms with Gasteiger partial charge in [-0.1, -0.05) is 30.3 Å². The number of hydrogen-bond donors (Lipinski definition) is 2. The zero-order valence-electron chi connectivity index (χ0n) is 18.5. The van der Waals surface area contributed by atoms with Gasteiger partial charge in [-0.25, -0.2) is 9.50 Å². The normalized spacial score (nSPS) is 12.2. The van der Waals surface area contributed by atoms with Gasteiger partial charge in [0.15, 0.2) is 11.3 Å². The summed E-state index contributed by atoms with van der Waals surface area (Å²) < 4.78 is 3.43. The summed E-state index contributed by atoms with van der Waals surface area (Å²) in [7, 11) is 0. The zero-order chi connectivity index (χ0) is 23.8. The number of hydrogen-bond acceptors (Lipinski definition) is 6. The molecule has 2 aromatic carbocycles. The van der Waals surface area contributed by atoms with E-state index in [1.807, 2.05) is 47.9 Å². The number of imidazole rings is 1. The van der Waals surface area contributed by atoms with Gasteiger partial charge in [-0.15, -0.1) is 10.2 Å². The maximum atomic E-state index is 12.9. The first-order chi connectivity index (χ1) is 16.4. The summed E-state index contributed by atoms with van der Waals surface area (Å²) >= 11 is 0. The van der Waals surface area contributed by atoms with Gasteiger partial charge in [0.2, 0.25) is 0 Å². The summed E-state index contributed by atoms with van der Waals surface area (Å²) in [6.45, 7) is 3.61. The Hall–Kier alpha value is -4.60. The SMILES string of the molecule is Cc1cc2nnc(C(=O)Nc3ccc4c(c3)ncn4C(CC(=O)O)c3ccccc3)c(C)n2n1. The highest BCUT2D eigenvalue weighted by Gasteiger charge is 2.21. The highest BCUT2D eigenvalue weighted by Crippen LogP contribution is 2.28. The highest BCUT2D eigenvalue weighted by atomic mass is 16.4. The molecule has 1 unspecified atom stereocenters. The Morgan fingerprint density at radius 1 is 1.06 bits per heavy atom. The molecule has 0 saturated heterocycles. The molecule has 170 valence electrons. The smallest absolute Gasteiger partial charge is 0.305 e. The van der Waals surface area contributed by atoms with Crippen molar-refractivity contribution in [3.8, 4) is 0 Å². The van der Waals surface area contributed by atoms with E-state index in [4.69, 9.17) is 0 Å². The number of aromatic nitrogens is 6. The van der Waals surface area contributed by atoms with Crippen molar-refractivity contribution in [2.24, 2.45) is 0 Å². The summed E-state index contributed by atoms with van der Waals surface area (Å²) in [6, 6.07) is 16.1. The second-order valence-corrected chi connectivity index (χ2v) is 8.02. The maximum Gasteiger partial charge on any atom is 0.305 e. The molecular weight excluding hydrogens is 434 g/mol. The van der Waals surface area contributed by atoms with E-state index < -0.39 is 17.9 Å². The number of nitrogens with one attached hydrogen (secondary N) is 1. The molecule has 1 amide bonds. The number of benzene rings is 2. The Balaban J connectivity index is 1.45. The van der Waals surface area contributed by atoms with E-state index in [1.165, 1.54) is 0 Å². The molecule has 5 rings (SSSR count). The molecule has 0 saturated carbocycles. The zero-order valence-corrected chi connectivity index (χ0v) is 18.5.